The summed E-state index contributed by atoms with van der Waals surface area (Å²) >= 11 is 2.25. The lowest BCUT2D eigenvalue weighted by molar-refractivity contribution is -0.384. The zero-order valence-corrected chi connectivity index (χ0v) is 15.9. The molecule has 0 bridgehead atoms. The molecule has 0 aliphatic carbocycles. The van der Waals surface area contributed by atoms with Gasteiger partial charge in [0.25, 0.3) is 5.69 Å². The van der Waals surface area contributed by atoms with Crippen LogP contribution in [0.15, 0.2) is 66.0 Å². The molecule has 0 fully saturated rings. The van der Waals surface area contributed by atoms with Crippen LogP contribution in [0.4, 0.5) is 11.6 Å². The Kier molecular flexibility index (Phi) is 5.52. The van der Waals surface area contributed by atoms with Gasteiger partial charge in [0.1, 0.15) is 0 Å². The zero-order valence-electron chi connectivity index (χ0n) is 13.8. The number of aromatic nitrogens is 2. The largest absolute Gasteiger partial charge is 0.269 e. The van der Waals surface area contributed by atoms with Gasteiger partial charge in [-0.05, 0) is 64.9 Å². The number of nitro groups is 1. The molecule has 0 unspecified atom stereocenters. The lowest BCUT2D eigenvalue weighted by Crippen LogP contribution is -2.02. The van der Waals surface area contributed by atoms with Crippen molar-refractivity contribution in [2.75, 3.05) is 5.43 Å². The number of hydrazone groups is 1. The van der Waals surface area contributed by atoms with Crippen molar-refractivity contribution in [1.82, 2.24) is 9.97 Å². The van der Waals surface area contributed by atoms with E-state index in [4.69, 9.17) is 0 Å². The monoisotopic (exact) mass is 459 g/mol. The van der Waals surface area contributed by atoms with Crippen LogP contribution < -0.4 is 5.43 Å². The van der Waals surface area contributed by atoms with Gasteiger partial charge in [0, 0.05) is 33.7 Å². The van der Waals surface area contributed by atoms with Crippen molar-refractivity contribution in [2.24, 2.45) is 5.10 Å². The number of anilines is 1. The Bertz CT molecular complexity index is 939. The molecule has 0 radical (unpaired) electrons. The number of nitrogens with zero attached hydrogens (tertiary/aromatic N) is 4. The van der Waals surface area contributed by atoms with Gasteiger partial charge in [0.15, 0.2) is 0 Å². The van der Waals surface area contributed by atoms with E-state index in [1.165, 1.54) is 12.1 Å². The molecule has 3 rings (SSSR count). The lowest BCUT2D eigenvalue weighted by Gasteiger charge is -2.04. The van der Waals surface area contributed by atoms with Crippen LogP contribution in [0, 0.1) is 13.7 Å². The van der Waals surface area contributed by atoms with Crippen LogP contribution in [-0.4, -0.2) is 20.6 Å². The fraction of sp³-hybridized carbons (Fsp3) is 0.0556. The molecular weight excluding hydrogens is 445 g/mol. The molecule has 0 atom stereocenters. The van der Waals surface area contributed by atoms with E-state index in [0.717, 1.165) is 26.0 Å². The molecule has 1 aromatic heterocycles. The zero-order chi connectivity index (χ0) is 18.5. The maximum Gasteiger partial charge on any atom is 0.269 e. The number of nitrogens with one attached hydrogen (secondary N) is 1. The van der Waals surface area contributed by atoms with Crippen molar-refractivity contribution in [3.63, 3.8) is 0 Å². The van der Waals surface area contributed by atoms with E-state index < -0.39 is 4.92 Å². The predicted octanol–water partition coefficient (Wildman–Crippen LogP) is 4.49. The Morgan fingerprint density at radius 3 is 2.23 bits per heavy atom. The minimum Gasteiger partial charge on any atom is -0.258 e. The van der Waals surface area contributed by atoms with Gasteiger partial charge >= 0.3 is 0 Å². The average molecular weight is 459 g/mol. The second-order valence-electron chi connectivity index (χ2n) is 5.42. The standard InChI is InChI=1S/C18H14IN5O2/c1-12(13-2-6-16(19)7-3-13)22-23-18-20-10-15(11-21-18)14-4-8-17(9-5-14)24(25)26/h2-11H,1H3,(H,20,21,23). The summed E-state index contributed by atoms with van der Waals surface area (Å²) in [5.41, 5.74) is 6.30. The molecule has 2 aromatic carbocycles. The first-order valence-corrected chi connectivity index (χ1v) is 8.74. The van der Waals surface area contributed by atoms with E-state index in [1.54, 1.807) is 24.5 Å². The topological polar surface area (TPSA) is 93.3 Å². The Morgan fingerprint density at radius 1 is 1.04 bits per heavy atom. The molecule has 0 saturated heterocycles. The Labute approximate surface area is 163 Å². The molecule has 0 spiro atoms. The number of nitro benzene ring substituents is 1. The van der Waals surface area contributed by atoms with Gasteiger partial charge in [-0.2, -0.15) is 5.10 Å². The van der Waals surface area contributed by atoms with Crippen LogP contribution in [0.3, 0.4) is 0 Å². The van der Waals surface area contributed by atoms with Crippen LogP contribution >= 0.6 is 22.6 Å². The number of non-ortho nitro benzene ring substituents is 1. The van der Waals surface area contributed by atoms with Crippen molar-refractivity contribution in [3.05, 3.63) is 80.2 Å². The van der Waals surface area contributed by atoms with Gasteiger partial charge in [-0.15, -0.1) is 0 Å². The van der Waals surface area contributed by atoms with Gasteiger partial charge in [-0.25, -0.2) is 15.4 Å². The van der Waals surface area contributed by atoms with E-state index in [9.17, 15) is 10.1 Å². The Morgan fingerprint density at radius 2 is 1.65 bits per heavy atom. The van der Waals surface area contributed by atoms with Crippen molar-refractivity contribution < 1.29 is 4.92 Å². The first-order chi connectivity index (χ1) is 12.5. The van der Waals surface area contributed by atoms with Crippen molar-refractivity contribution in [1.29, 1.82) is 0 Å². The molecule has 0 saturated carbocycles. The quantitative estimate of drug-likeness (QED) is 0.263. The van der Waals surface area contributed by atoms with Crippen molar-refractivity contribution >= 4 is 39.9 Å². The van der Waals surface area contributed by atoms with Crippen LogP contribution in [0.1, 0.15) is 12.5 Å². The first-order valence-electron chi connectivity index (χ1n) is 7.66. The van der Waals surface area contributed by atoms with Gasteiger partial charge in [-0.1, -0.05) is 12.1 Å². The second-order valence-corrected chi connectivity index (χ2v) is 6.66. The summed E-state index contributed by atoms with van der Waals surface area (Å²) in [4.78, 5) is 18.7. The summed E-state index contributed by atoms with van der Waals surface area (Å²) in [7, 11) is 0. The molecule has 1 N–H and O–H groups in total. The Balaban J connectivity index is 1.70. The normalized spacial score (nSPS) is 11.2. The molecule has 1 heterocycles. The van der Waals surface area contributed by atoms with E-state index in [1.807, 2.05) is 31.2 Å². The lowest BCUT2D eigenvalue weighted by atomic mass is 10.1. The molecule has 3 aromatic rings. The van der Waals surface area contributed by atoms with Gasteiger partial charge in [-0.3, -0.25) is 10.1 Å². The molecular formula is C18H14IN5O2. The molecule has 26 heavy (non-hydrogen) atoms. The molecule has 0 aliphatic rings. The third-order valence-electron chi connectivity index (χ3n) is 3.65. The minimum atomic E-state index is -0.429. The first kappa shape index (κ1) is 17.9. The summed E-state index contributed by atoms with van der Waals surface area (Å²) in [6, 6.07) is 14.3. The summed E-state index contributed by atoms with van der Waals surface area (Å²) in [6.45, 7) is 1.90. The van der Waals surface area contributed by atoms with Crippen LogP contribution in [-0.2, 0) is 0 Å². The van der Waals surface area contributed by atoms with Crippen LogP contribution in [0.25, 0.3) is 11.1 Å². The van der Waals surface area contributed by atoms with Gasteiger partial charge < -0.3 is 0 Å². The van der Waals surface area contributed by atoms with Gasteiger partial charge in [0.2, 0.25) is 5.95 Å². The summed E-state index contributed by atoms with van der Waals surface area (Å²) in [6.07, 6.45) is 3.29. The smallest absolute Gasteiger partial charge is 0.258 e. The minimum absolute atomic E-state index is 0.0494. The number of hydrogen-bond donors (Lipinski definition) is 1. The Hall–Kier alpha value is -2.88. The van der Waals surface area contributed by atoms with Gasteiger partial charge in [0.05, 0.1) is 10.6 Å². The number of hydrogen-bond acceptors (Lipinski definition) is 6. The van der Waals surface area contributed by atoms with Crippen LogP contribution in [0.5, 0.6) is 0 Å². The van der Waals surface area contributed by atoms with Crippen molar-refractivity contribution in [3.8, 4) is 11.1 Å². The number of rotatable bonds is 5. The maximum atomic E-state index is 10.7. The highest BCUT2D eigenvalue weighted by Gasteiger charge is 2.06. The van der Waals surface area contributed by atoms with Crippen LogP contribution in [0.2, 0.25) is 0 Å². The molecule has 8 heteroatoms. The predicted molar refractivity (Wildman–Crippen MR) is 109 cm³/mol. The third-order valence-corrected chi connectivity index (χ3v) is 4.37. The molecule has 0 amide bonds. The summed E-state index contributed by atoms with van der Waals surface area (Å²) in [5.74, 6) is 0.375. The van der Waals surface area contributed by atoms with E-state index in [0.29, 0.717) is 5.95 Å². The fourth-order valence-electron chi connectivity index (χ4n) is 2.20. The highest BCUT2D eigenvalue weighted by atomic mass is 127. The molecule has 7 nitrogen and oxygen atoms in total. The fourth-order valence-corrected chi connectivity index (χ4v) is 2.56. The van der Waals surface area contributed by atoms with E-state index >= 15 is 0 Å². The third kappa shape index (κ3) is 4.39. The number of halogens is 1. The maximum absolute atomic E-state index is 10.7. The summed E-state index contributed by atoms with van der Waals surface area (Å²) in [5, 5.41) is 15.0. The highest BCUT2D eigenvalue weighted by Crippen LogP contribution is 2.21. The molecule has 130 valence electrons. The second kappa shape index (κ2) is 8.00. The van der Waals surface area contributed by atoms with E-state index in [2.05, 4.69) is 43.1 Å². The average Bonchev–Trinajstić information content (AvgIpc) is 2.67. The number of benzene rings is 2. The van der Waals surface area contributed by atoms with Crippen molar-refractivity contribution in [2.45, 2.75) is 6.92 Å². The SMILES string of the molecule is CC(=NNc1ncc(-c2ccc([N+](=O)[O-])cc2)cn1)c1ccc(I)cc1. The summed E-state index contributed by atoms with van der Waals surface area (Å²) < 4.78 is 1.16. The van der Waals surface area contributed by atoms with E-state index in [-0.39, 0.29) is 5.69 Å². The molecule has 0 aliphatic heterocycles. The highest BCUT2D eigenvalue weighted by molar-refractivity contribution is 14.1.